The number of hydrogen-bond donors (Lipinski definition) is 1. The zero-order valence-electron chi connectivity index (χ0n) is 7.61. The van der Waals surface area contributed by atoms with Crippen LogP contribution in [-0.4, -0.2) is 39.9 Å². The Labute approximate surface area is 81.0 Å². The number of β-lactam (4-membered cyclic amide) rings is 1. The van der Waals surface area contributed by atoms with Crippen LogP contribution in [0.2, 0.25) is 0 Å². The maximum Gasteiger partial charge on any atom is 0.249 e. The fourth-order valence-corrected chi connectivity index (χ4v) is 3.33. The Morgan fingerprint density at radius 3 is 3.00 bits per heavy atom. The number of thioether (sulfide) groups is 1. The molecule has 72 valence electrons. The van der Waals surface area contributed by atoms with Crippen LogP contribution < -0.4 is 5.32 Å². The van der Waals surface area contributed by atoms with Crippen LogP contribution in [0.15, 0.2) is 0 Å². The number of nitrogens with one attached hydrogen (secondary N) is 1. The number of hydrogen-bond acceptors (Lipinski definition) is 3. The predicted octanol–water partition coefficient (Wildman–Crippen LogP) is -0.205. The molecule has 0 aromatic rings. The van der Waals surface area contributed by atoms with E-state index in [4.69, 9.17) is 0 Å². The van der Waals surface area contributed by atoms with Crippen LogP contribution in [-0.2, 0) is 9.59 Å². The smallest absolute Gasteiger partial charge is 0.249 e. The molecular formula is C8H12N2O2S. The fraction of sp³-hybridized carbons (Fsp3) is 0.750. The summed E-state index contributed by atoms with van der Waals surface area (Å²) in [5.74, 6) is 0.0511. The van der Waals surface area contributed by atoms with Gasteiger partial charge in [0.15, 0.2) is 0 Å². The van der Waals surface area contributed by atoms with E-state index in [-0.39, 0.29) is 22.1 Å². The number of amides is 2. The molecule has 1 N–H and O–H groups in total. The van der Waals surface area contributed by atoms with Crippen molar-refractivity contribution in [1.82, 2.24) is 10.2 Å². The fourth-order valence-electron chi connectivity index (χ4n) is 1.82. The van der Waals surface area contributed by atoms with E-state index in [9.17, 15) is 9.59 Å². The molecule has 2 unspecified atom stereocenters. The minimum absolute atomic E-state index is 0.0511. The molecule has 2 aliphatic rings. The van der Waals surface area contributed by atoms with E-state index >= 15 is 0 Å². The van der Waals surface area contributed by atoms with Gasteiger partial charge in [-0.05, 0) is 13.8 Å². The Bertz CT molecular complexity index is 267. The first-order valence-electron chi connectivity index (χ1n) is 4.23. The second-order valence-electron chi connectivity index (χ2n) is 4.00. The van der Waals surface area contributed by atoms with Gasteiger partial charge in [-0.1, -0.05) is 0 Å². The average Bonchev–Trinajstić information content (AvgIpc) is 2.35. The van der Waals surface area contributed by atoms with Gasteiger partial charge in [0.2, 0.25) is 12.3 Å². The molecule has 2 fully saturated rings. The largest absolute Gasteiger partial charge is 0.344 e. The van der Waals surface area contributed by atoms with Crippen molar-refractivity contribution < 1.29 is 9.59 Å². The van der Waals surface area contributed by atoms with Crippen LogP contribution in [0.4, 0.5) is 0 Å². The highest BCUT2D eigenvalue weighted by molar-refractivity contribution is 8.01. The van der Waals surface area contributed by atoms with Crippen LogP contribution in [0.25, 0.3) is 0 Å². The predicted molar refractivity (Wildman–Crippen MR) is 50.2 cm³/mol. The van der Waals surface area contributed by atoms with Gasteiger partial charge in [-0.2, -0.15) is 0 Å². The van der Waals surface area contributed by atoms with Crippen molar-refractivity contribution in [2.24, 2.45) is 0 Å². The van der Waals surface area contributed by atoms with Crippen molar-refractivity contribution >= 4 is 24.1 Å². The highest BCUT2D eigenvalue weighted by Crippen LogP contribution is 2.45. The molecule has 0 aliphatic carbocycles. The van der Waals surface area contributed by atoms with E-state index in [1.54, 1.807) is 11.8 Å². The summed E-state index contributed by atoms with van der Waals surface area (Å²) in [6.07, 6.45) is 0.603. The van der Waals surface area contributed by atoms with Crippen molar-refractivity contribution in [2.75, 3.05) is 6.54 Å². The molecule has 0 radical (unpaired) electrons. The SMILES string of the molecule is CC1(C)CN2C(=O)C(NC=O)C2S1. The zero-order valence-corrected chi connectivity index (χ0v) is 8.43. The summed E-state index contributed by atoms with van der Waals surface area (Å²) >= 11 is 1.75. The highest BCUT2D eigenvalue weighted by Gasteiger charge is 2.55. The maximum atomic E-state index is 11.4. The van der Waals surface area contributed by atoms with Gasteiger partial charge in [-0.25, -0.2) is 0 Å². The zero-order chi connectivity index (χ0) is 9.64. The molecule has 13 heavy (non-hydrogen) atoms. The molecular weight excluding hydrogens is 188 g/mol. The van der Waals surface area contributed by atoms with Gasteiger partial charge in [0.25, 0.3) is 0 Å². The Hall–Kier alpha value is -0.710. The molecule has 2 rings (SSSR count). The number of nitrogens with zero attached hydrogens (tertiary/aromatic N) is 1. The first-order valence-corrected chi connectivity index (χ1v) is 5.11. The lowest BCUT2D eigenvalue weighted by molar-refractivity contribution is -0.146. The second-order valence-corrected chi connectivity index (χ2v) is 5.82. The summed E-state index contributed by atoms with van der Waals surface area (Å²) in [6.45, 7) is 5.01. The molecule has 2 aliphatic heterocycles. The van der Waals surface area contributed by atoms with Gasteiger partial charge in [0.1, 0.15) is 11.4 Å². The summed E-state index contributed by atoms with van der Waals surface area (Å²) in [7, 11) is 0. The van der Waals surface area contributed by atoms with E-state index in [2.05, 4.69) is 19.2 Å². The molecule has 4 nitrogen and oxygen atoms in total. The molecule has 2 amide bonds. The number of carbonyl (C=O) groups excluding carboxylic acids is 2. The molecule has 2 saturated heterocycles. The first-order chi connectivity index (χ1) is 6.05. The molecule has 0 spiro atoms. The van der Waals surface area contributed by atoms with Crippen LogP contribution in [0, 0.1) is 0 Å². The Kier molecular flexibility index (Phi) is 1.80. The van der Waals surface area contributed by atoms with Crippen LogP contribution in [0.5, 0.6) is 0 Å². The highest BCUT2D eigenvalue weighted by atomic mass is 32.2. The van der Waals surface area contributed by atoms with Crippen molar-refractivity contribution in [3.8, 4) is 0 Å². The summed E-state index contributed by atoms with van der Waals surface area (Å²) in [5, 5.41) is 2.71. The van der Waals surface area contributed by atoms with Gasteiger partial charge in [-0.3, -0.25) is 9.59 Å². The van der Waals surface area contributed by atoms with Gasteiger partial charge in [-0.15, -0.1) is 11.8 Å². The van der Waals surface area contributed by atoms with Crippen molar-refractivity contribution in [3.63, 3.8) is 0 Å². The lowest BCUT2D eigenvalue weighted by atomic mass is 10.1. The van der Waals surface area contributed by atoms with Crippen LogP contribution in [0.3, 0.4) is 0 Å². The minimum Gasteiger partial charge on any atom is -0.344 e. The number of fused-ring (bicyclic) bond motifs is 1. The van der Waals surface area contributed by atoms with E-state index in [0.29, 0.717) is 6.41 Å². The van der Waals surface area contributed by atoms with E-state index in [0.717, 1.165) is 6.54 Å². The Morgan fingerprint density at radius 2 is 2.38 bits per heavy atom. The topological polar surface area (TPSA) is 49.4 Å². The molecule has 0 saturated carbocycles. The molecule has 2 atom stereocenters. The second kappa shape index (κ2) is 2.64. The maximum absolute atomic E-state index is 11.4. The molecule has 5 heteroatoms. The van der Waals surface area contributed by atoms with E-state index in [1.165, 1.54) is 0 Å². The van der Waals surface area contributed by atoms with Crippen LogP contribution >= 0.6 is 11.8 Å². The van der Waals surface area contributed by atoms with E-state index < -0.39 is 0 Å². The Balaban J connectivity index is 2.08. The third-order valence-corrected chi connectivity index (χ3v) is 3.92. The molecule has 0 aromatic heterocycles. The quantitative estimate of drug-likeness (QED) is 0.496. The monoisotopic (exact) mass is 200 g/mol. The number of rotatable bonds is 2. The third kappa shape index (κ3) is 1.22. The minimum atomic E-state index is -0.288. The van der Waals surface area contributed by atoms with Crippen molar-refractivity contribution in [3.05, 3.63) is 0 Å². The lowest BCUT2D eigenvalue weighted by Crippen LogP contribution is -2.66. The number of carbonyl (C=O) groups is 2. The third-order valence-electron chi connectivity index (χ3n) is 2.38. The van der Waals surface area contributed by atoms with Gasteiger partial charge in [0.05, 0.1) is 0 Å². The molecule has 0 aromatic carbocycles. The van der Waals surface area contributed by atoms with Gasteiger partial charge < -0.3 is 10.2 Å². The van der Waals surface area contributed by atoms with Crippen LogP contribution in [0.1, 0.15) is 13.8 Å². The summed E-state index contributed by atoms with van der Waals surface area (Å²) in [5.41, 5.74) is 0. The van der Waals surface area contributed by atoms with E-state index in [1.807, 2.05) is 4.90 Å². The standard InChI is InChI=1S/C8H12N2O2S/c1-8(2)3-10-6(12)5(9-4-11)7(10)13-8/h4-5,7H,3H2,1-2H3,(H,9,11). The molecule has 2 heterocycles. The first kappa shape index (κ1) is 8.87. The van der Waals surface area contributed by atoms with Gasteiger partial charge in [0, 0.05) is 11.3 Å². The molecule has 0 bridgehead atoms. The summed E-state index contributed by atoms with van der Waals surface area (Å²) in [6, 6.07) is -0.288. The summed E-state index contributed by atoms with van der Waals surface area (Å²) in [4.78, 5) is 23.4. The van der Waals surface area contributed by atoms with Crippen molar-refractivity contribution in [2.45, 2.75) is 30.0 Å². The summed E-state index contributed by atoms with van der Waals surface area (Å²) < 4.78 is 0.125. The lowest BCUT2D eigenvalue weighted by Gasteiger charge is -2.40. The van der Waals surface area contributed by atoms with Crippen molar-refractivity contribution in [1.29, 1.82) is 0 Å². The normalized spacial score (nSPS) is 35.2. The van der Waals surface area contributed by atoms with Gasteiger partial charge >= 0.3 is 0 Å². The Morgan fingerprint density at radius 1 is 1.69 bits per heavy atom. The average molecular weight is 200 g/mol.